The molecule has 0 aliphatic rings. The Labute approximate surface area is 106 Å². The Bertz CT molecular complexity index is 559. The van der Waals surface area contributed by atoms with Gasteiger partial charge < -0.3 is 10.6 Å². The van der Waals surface area contributed by atoms with Gasteiger partial charge in [-0.15, -0.1) is 5.10 Å². The van der Waals surface area contributed by atoms with Gasteiger partial charge in [0.2, 0.25) is 0 Å². The first-order valence-electron chi connectivity index (χ1n) is 5.57. The smallest absolute Gasteiger partial charge is 0.122 e. The van der Waals surface area contributed by atoms with Gasteiger partial charge in [0, 0.05) is 31.5 Å². The summed E-state index contributed by atoms with van der Waals surface area (Å²) >= 11 is 0. The third-order valence-corrected chi connectivity index (χ3v) is 2.65. The Morgan fingerprint density at radius 3 is 2.89 bits per heavy atom. The zero-order chi connectivity index (χ0) is 13.1. The number of rotatable bonds is 4. The minimum atomic E-state index is 0.0738. The Morgan fingerprint density at radius 2 is 2.28 bits per heavy atom. The van der Waals surface area contributed by atoms with Crippen molar-refractivity contribution in [2.24, 2.45) is 12.8 Å². The summed E-state index contributed by atoms with van der Waals surface area (Å²) in [5.74, 6) is 0.0738. The zero-order valence-electron chi connectivity index (χ0n) is 10.5. The lowest BCUT2D eigenvalue weighted by molar-refractivity contribution is 0.712. The van der Waals surface area contributed by atoms with Crippen molar-refractivity contribution in [3.05, 3.63) is 41.7 Å². The molecular weight excluding hydrogens is 228 g/mol. The third-order valence-electron chi connectivity index (χ3n) is 2.65. The molecule has 0 saturated heterocycles. The van der Waals surface area contributed by atoms with E-state index in [-0.39, 0.29) is 5.84 Å². The molecule has 0 unspecified atom stereocenters. The molecule has 18 heavy (non-hydrogen) atoms. The summed E-state index contributed by atoms with van der Waals surface area (Å²) in [6.07, 6.45) is 1.88. The quantitative estimate of drug-likeness (QED) is 0.613. The first kappa shape index (κ1) is 12.1. The summed E-state index contributed by atoms with van der Waals surface area (Å²) in [7, 11) is 3.81. The Kier molecular flexibility index (Phi) is 3.27. The molecular formula is C12H16N6. The van der Waals surface area contributed by atoms with Gasteiger partial charge in [-0.25, -0.2) is 0 Å². The zero-order valence-corrected chi connectivity index (χ0v) is 10.5. The molecule has 0 aliphatic heterocycles. The predicted molar refractivity (Wildman–Crippen MR) is 70.6 cm³/mol. The van der Waals surface area contributed by atoms with E-state index in [9.17, 15) is 0 Å². The van der Waals surface area contributed by atoms with Gasteiger partial charge in [0.05, 0.1) is 6.54 Å². The fourth-order valence-corrected chi connectivity index (χ4v) is 1.71. The second kappa shape index (κ2) is 4.87. The van der Waals surface area contributed by atoms with Crippen LogP contribution in [0.15, 0.2) is 30.5 Å². The lowest BCUT2D eigenvalue weighted by Gasteiger charge is -2.18. The number of benzene rings is 1. The summed E-state index contributed by atoms with van der Waals surface area (Å²) in [5.41, 5.74) is 8.09. The number of nitrogen functional groups attached to an aromatic ring is 1. The van der Waals surface area contributed by atoms with Crippen molar-refractivity contribution in [1.82, 2.24) is 15.0 Å². The second-order valence-corrected chi connectivity index (χ2v) is 4.20. The van der Waals surface area contributed by atoms with Crippen LogP contribution in [0, 0.1) is 5.41 Å². The maximum atomic E-state index is 7.43. The minimum absolute atomic E-state index is 0.0738. The summed E-state index contributed by atoms with van der Waals surface area (Å²) in [6, 6.07) is 7.57. The largest absolute Gasteiger partial charge is 0.384 e. The highest BCUT2D eigenvalue weighted by atomic mass is 15.4. The van der Waals surface area contributed by atoms with Crippen LogP contribution >= 0.6 is 0 Å². The van der Waals surface area contributed by atoms with E-state index in [1.807, 2.05) is 49.5 Å². The van der Waals surface area contributed by atoms with E-state index in [4.69, 9.17) is 11.1 Å². The van der Waals surface area contributed by atoms with Crippen molar-refractivity contribution >= 4 is 11.5 Å². The molecule has 0 saturated carbocycles. The number of nitrogens with zero attached hydrogens (tertiary/aromatic N) is 4. The molecule has 94 valence electrons. The summed E-state index contributed by atoms with van der Waals surface area (Å²) in [6.45, 7) is 0.662. The maximum absolute atomic E-state index is 7.43. The van der Waals surface area contributed by atoms with Crippen LogP contribution in [-0.4, -0.2) is 27.9 Å². The number of nitrogens with two attached hydrogens (primary N) is 1. The first-order chi connectivity index (χ1) is 8.56. The molecule has 2 rings (SSSR count). The van der Waals surface area contributed by atoms with Gasteiger partial charge in [-0.3, -0.25) is 10.1 Å². The van der Waals surface area contributed by atoms with Crippen LogP contribution < -0.4 is 10.6 Å². The van der Waals surface area contributed by atoms with Crippen LogP contribution in [0.2, 0.25) is 0 Å². The number of aryl methyl sites for hydroxylation is 1. The summed E-state index contributed by atoms with van der Waals surface area (Å²) < 4.78 is 1.68. The SMILES string of the molecule is CN(Cc1cn(C)nn1)c1cccc(C(=N)N)c1. The van der Waals surface area contributed by atoms with Gasteiger partial charge in [-0.2, -0.15) is 0 Å². The van der Waals surface area contributed by atoms with E-state index in [1.54, 1.807) is 4.68 Å². The van der Waals surface area contributed by atoms with Crippen LogP contribution in [0.4, 0.5) is 5.69 Å². The van der Waals surface area contributed by atoms with E-state index >= 15 is 0 Å². The van der Waals surface area contributed by atoms with E-state index in [1.165, 1.54) is 0 Å². The van der Waals surface area contributed by atoms with Gasteiger partial charge in [-0.05, 0) is 12.1 Å². The highest BCUT2D eigenvalue weighted by Gasteiger charge is 2.06. The molecule has 0 aliphatic carbocycles. The van der Waals surface area contributed by atoms with Gasteiger partial charge in [0.1, 0.15) is 11.5 Å². The van der Waals surface area contributed by atoms with E-state index < -0.39 is 0 Å². The predicted octanol–water partition coefficient (Wildman–Crippen LogP) is 0.736. The molecule has 0 fully saturated rings. The van der Waals surface area contributed by atoms with Crippen molar-refractivity contribution in [2.45, 2.75) is 6.54 Å². The molecule has 0 amide bonds. The second-order valence-electron chi connectivity index (χ2n) is 4.20. The monoisotopic (exact) mass is 244 g/mol. The van der Waals surface area contributed by atoms with Gasteiger partial charge in [-0.1, -0.05) is 17.3 Å². The van der Waals surface area contributed by atoms with E-state index in [2.05, 4.69) is 10.3 Å². The molecule has 0 atom stereocenters. The van der Waals surface area contributed by atoms with E-state index in [0.29, 0.717) is 6.54 Å². The lowest BCUT2D eigenvalue weighted by atomic mass is 10.1. The third kappa shape index (κ3) is 2.65. The fraction of sp³-hybridized carbons (Fsp3) is 0.250. The molecule has 6 nitrogen and oxygen atoms in total. The molecule has 1 aromatic carbocycles. The van der Waals surface area contributed by atoms with Crippen LogP contribution in [-0.2, 0) is 13.6 Å². The number of aromatic nitrogens is 3. The minimum Gasteiger partial charge on any atom is -0.384 e. The standard InChI is InChI=1S/C12H16N6/c1-17(7-10-8-18(2)16-15-10)11-5-3-4-9(6-11)12(13)14/h3-6,8H,7H2,1-2H3,(H3,13,14). The number of hydrogen-bond donors (Lipinski definition) is 2. The molecule has 0 bridgehead atoms. The molecule has 3 N–H and O–H groups in total. The summed E-state index contributed by atoms with van der Waals surface area (Å²) in [4.78, 5) is 2.04. The van der Waals surface area contributed by atoms with Crippen LogP contribution in [0.25, 0.3) is 0 Å². The van der Waals surface area contributed by atoms with Crippen molar-refractivity contribution in [3.8, 4) is 0 Å². The summed E-state index contributed by atoms with van der Waals surface area (Å²) in [5, 5.41) is 15.4. The van der Waals surface area contributed by atoms with Gasteiger partial charge in [0.25, 0.3) is 0 Å². The van der Waals surface area contributed by atoms with Gasteiger partial charge in [0.15, 0.2) is 0 Å². The van der Waals surface area contributed by atoms with Crippen molar-refractivity contribution < 1.29 is 0 Å². The first-order valence-corrected chi connectivity index (χ1v) is 5.57. The highest BCUT2D eigenvalue weighted by Crippen LogP contribution is 2.16. The Hall–Kier alpha value is -2.37. The van der Waals surface area contributed by atoms with Crippen LogP contribution in [0.3, 0.4) is 0 Å². The van der Waals surface area contributed by atoms with Crippen LogP contribution in [0.5, 0.6) is 0 Å². The normalized spacial score (nSPS) is 10.3. The Morgan fingerprint density at radius 1 is 1.50 bits per heavy atom. The molecule has 1 aromatic heterocycles. The molecule has 0 spiro atoms. The van der Waals surface area contributed by atoms with Gasteiger partial charge >= 0.3 is 0 Å². The average molecular weight is 244 g/mol. The molecule has 2 aromatic rings. The molecule has 1 heterocycles. The number of nitrogens with one attached hydrogen (secondary N) is 1. The van der Waals surface area contributed by atoms with Crippen molar-refractivity contribution in [2.75, 3.05) is 11.9 Å². The van der Waals surface area contributed by atoms with Crippen molar-refractivity contribution in [3.63, 3.8) is 0 Å². The topological polar surface area (TPSA) is 83.8 Å². The fourth-order valence-electron chi connectivity index (χ4n) is 1.71. The average Bonchev–Trinajstić information content (AvgIpc) is 2.75. The number of anilines is 1. The molecule has 0 radical (unpaired) electrons. The molecule has 6 heteroatoms. The number of amidine groups is 1. The van der Waals surface area contributed by atoms with Crippen LogP contribution in [0.1, 0.15) is 11.3 Å². The van der Waals surface area contributed by atoms with E-state index in [0.717, 1.165) is 16.9 Å². The highest BCUT2D eigenvalue weighted by molar-refractivity contribution is 5.95. The maximum Gasteiger partial charge on any atom is 0.122 e. The Balaban J connectivity index is 2.15. The van der Waals surface area contributed by atoms with Crippen molar-refractivity contribution in [1.29, 1.82) is 5.41 Å². The number of hydrogen-bond acceptors (Lipinski definition) is 4. The lowest BCUT2D eigenvalue weighted by Crippen LogP contribution is -2.18.